The maximum absolute atomic E-state index is 12.5. The average Bonchev–Trinajstić information content (AvgIpc) is 3.58. The lowest BCUT2D eigenvalue weighted by Gasteiger charge is -2.06. The van der Waals surface area contributed by atoms with Gasteiger partial charge in [-0.25, -0.2) is 0 Å². The van der Waals surface area contributed by atoms with Crippen LogP contribution in [0.2, 0.25) is 0 Å². The van der Waals surface area contributed by atoms with Crippen molar-refractivity contribution in [2.24, 2.45) is 0 Å². The molecule has 0 fully saturated rings. The Hall–Kier alpha value is -3.81. The molecule has 8 nitrogen and oxygen atoms in total. The number of para-hydroxylation sites is 1. The number of nitrogens with zero attached hydrogens (tertiary/aromatic N) is 3. The number of amides is 1. The molecule has 1 aromatic carbocycles. The summed E-state index contributed by atoms with van der Waals surface area (Å²) in [6.07, 6.45) is 3.00. The topological polar surface area (TPSA) is 114 Å². The fourth-order valence-corrected chi connectivity index (χ4v) is 4.12. The summed E-state index contributed by atoms with van der Waals surface area (Å²) >= 11 is 2.63. The molecule has 33 heavy (non-hydrogen) atoms. The highest BCUT2D eigenvalue weighted by Gasteiger charge is 2.14. The van der Waals surface area contributed by atoms with Gasteiger partial charge in [-0.05, 0) is 42.8 Å². The SMILES string of the molecule is Cc1ccccc1OCc1nnc(NC(=O)/C(C#N)=C\c2ccc(SCc3ccco3)o2)s1. The van der Waals surface area contributed by atoms with Gasteiger partial charge in [-0.1, -0.05) is 41.3 Å². The molecule has 0 saturated carbocycles. The molecule has 0 atom stereocenters. The Kier molecular flexibility index (Phi) is 7.24. The second-order valence-corrected chi connectivity index (χ2v) is 8.75. The normalized spacial score (nSPS) is 11.2. The van der Waals surface area contributed by atoms with Crippen LogP contribution in [0.3, 0.4) is 0 Å². The number of carbonyl (C=O) groups excluding carboxylic acids is 1. The molecule has 10 heteroatoms. The van der Waals surface area contributed by atoms with Crippen LogP contribution in [0.5, 0.6) is 5.75 Å². The Labute approximate surface area is 197 Å². The maximum atomic E-state index is 12.5. The second-order valence-electron chi connectivity index (χ2n) is 6.70. The number of nitrogens with one attached hydrogen (secondary N) is 1. The van der Waals surface area contributed by atoms with E-state index in [9.17, 15) is 10.1 Å². The Balaban J connectivity index is 1.34. The molecule has 3 aromatic heterocycles. The van der Waals surface area contributed by atoms with Crippen LogP contribution in [0.1, 0.15) is 22.1 Å². The van der Waals surface area contributed by atoms with Crippen LogP contribution in [-0.2, 0) is 17.2 Å². The number of aromatic nitrogens is 2. The molecule has 0 radical (unpaired) electrons. The lowest BCUT2D eigenvalue weighted by Crippen LogP contribution is -2.13. The van der Waals surface area contributed by atoms with Crippen LogP contribution in [0.25, 0.3) is 6.08 Å². The zero-order chi connectivity index (χ0) is 23.0. The van der Waals surface area contributed by atoms with E-state index in [2.05, 4.69) is 15.5 Å². The predicted octanol–water partition coefficient (Wildman–Crippen LogP) is 5.45. The number of hydrogen-bond donors (Lipinski definition) is 1. The van der Waals surface area contributed by atoms with Crippen molar-refractivity contribution in [3.05, 3.63) is 82.5 Å². The van der Waals surface area contributed by atoms with Gasteiger partial charge in [-0.2, -0.15) is 5.26 Å². The molecule has 0 aliphatic carbocycles. The maximum Gasteiger partial charge on any atom is 0.268 e. The number of furan rings is 2. The van der Waals surface area contributed by atoms with Crippen molar-refractivity contribution in [1.82, 2.24) is 10.2 Å². The molecule has 0 aliphatic heterocycles. The molecular formula is C23H18N4O4S2. The number of aryl methyl sites for hydroxylation is 1. The number of carbonyl (C=O) groups is 1. The standard InChI is InChI=1S/C23H18N4O4S2/c1-15-5-2-3-7-19(15)30-13-20-26-27-23(33-20)25-22(28)16(12-24)11-17-8-9-21(31-17)32-14-18-6-4-10-29-18/h2-11H,13-14H2,1H3,(H,25,27,28)/b16-11-. The molecular weight excluding hydrogens is 460 g/mol. The van der Waals surface area contributed by atoms with Crippen molar-refractivity contribution in [1.29, 1.82) is 5.26 Å². The number of thioether (sulfide) groups is 1. The minimum absolute atomic E-state index is 0.111. The predicted molar refractivity (Wildman–Crippen MR) is 125 cm³/mol. The molecule has 0 unspecified atom stereocenters. The first-order valence-corrected chi connectivity index (χ1v) is 11.6. The Morgan fingerprint density at radius 1 is 1.24 bits per heavy atom. The average molecular weight is 479 g/mol. The molecule has 1 amide bonds. The van der Waals surface area contributed by atoms with E-state index in [4.69, 9.17) is 13.6 Å². The van der Waals surface area contributed by atoms with E-state index in [1.807, 2.05) is 49.4 Å². The molecule has 3 heterocycles. The van der Waals surface area contributed by atoms with Gasteiger partial charge >= 0.3 is 0 Å². The first kappa shape index (κ1) is 22.4. The Morgan fingerprint density at radius 3 is 2.91 bits per heavy atom. The summed E-state index contributed by atoms with van der Waals surface area (Å²) in [6, 6.07) is 16.7. The third kappa shape index (κ3) is 6.12. The van der Waals surface area contributed by atoms with E-state index in [1.165, 1.54) is 29.2 Å². The third-order valence-corrected chi connectivity index (χ3v) is 6.07. The number of anilines is 1. The zero-order valence-corrected chi connectivity index (χ0v) is 19.1. The van der Waals surface area contributed by atoms with Crippen LogP contribution >= 0.6 is 23.1 Å². The van der Waals surface area contributed by atoms with Crippen LogP contribution in [0, 0.1) is 18.3 Å². The number of benzene rings is 1. The first-order chi connectivity index (χ1) is 16.1. The van der Waals surface area contributed by atoms with Crippen LogP contribution in [-0.4, -0.2) is 16.1 Å². The molecule has 1 N–H and O–H groups in total. The minimum Gasteiger partial charge on any atom is -0.486 e. The van der Waals surface area contributed by atoms with Crippen molar-refractivity contribution in [2.45, 2.75) is 24.4 Å². The van der Waals surface area contributed by atoms with Crippen molar-refractivity contribution in [2.75, 3.05) is 5.32 Å². The van der Waals surface area contributed by atoms with E-state index in [-0.39, 0.29) is 17.3 Å². The van der Waals surface area contributed by atoms with Gasteiger partial charge in [0, 0.05) is 6.08 Å². The summed E-state index contributed by atoms with van der Waals surface area (Å²) in [5.41, 5.74) is 0.902. The third-order valence-electron chi connectivity index (χ3n) is 4.32. The van der Waals surface area contributed by atoms with Crippen molar-refractivity contribution in [3.8, 4) is 11.8 Å². The lowest BCUT2D eigenvalue weighted by atomic mass is 10.2. The van der Waals surface area contributed by atoms with Crippen LogP contribution in [0.15, 0.2) is 74.3 Å². The highest BCUT2D eigenvalue weighted by atomic mass is 32.2. The largest absolute Gasteiger partial charge is 0.486 e. The summed E-state index contributed by atoms with van der Waals surface area (Å²) in [7, 11) is 0. The quantitative estimate of drug-likeness (QED) is 0.192. The number of rotatable bonds is 9. The number of ether oxygens (including phenoxy) is 1. The number of nitriles is 1. The smallest absolute Gasteiger partial charge is 0.268 e. The summed E-state index contributed by atoms with van der Waals surface area (Å²) in [6.45, 7) is 2.18. The van der Waals surface area contributed by atoms with E-state index in [0.29, 0.717) is 21.6 Å². The summed E-state index contributed by atoms with van der Waals surface area (Å²) < 4.78 is 16.7. The molecule has 166 valence electrons. The fourth-order valence-electron chi connectivity index (χ4n) is 2.70. The molecule has 4 rings (SSSR count). The van der Waals surface area contributed by atoms with E-state index in [0.717, 1.165) is 17.1 Å². The van der Waals surface area contributed by atoms with Gasteiger partial charge in [-0.3, -0.25) is 10.1 Å². The van der Waals surface area contributed by atoms with Gasteiger partial charge in [0.2, 0.25) is 5.13 Å². The van der Waals surface area contributed by atoms with Crippen LogP contribution in [0.4, 0.5) is 5.13 Å². The van der Waals surface area contributed by atoms with Gasteiger partial charge in [0.1, 0.15) is 35.5 Å². The van der Waals surface area contributed by atoms with Gasteiger partial charge < -0.3 is 13.6 Å². The van der Waals surface area contributed by atoms with Crippen LogP contribution < -0.4 is 10.1 Å². The van der Waals surface area contributed by atoms with Gasteiger partial charge in [-0.15, -0.1) is 10.2 Å². The Bertz CT molecular complexity index is 1300. The van der Waals surface area contributed by atoms with Gasteiger partial charge in [0.05, 0.1) is 12.0 Å². The second kappa shape index (κ2) is 10.7. The van der Waals surface area contributed by atoms with Gasteiger partial charge in [0.15, 0.2) is 10.1 Å². The van der Waals surface area contributed by atoms with E-state index < -0.39 is 5.91 Å². The van der Waals surface area contributed by atoms with Crippen molar-refractivity contribution < 1.29 is 18.4 Å². The van der Waals surface area contributed by atoms with Crippen molar-refractivity contribution >= 4 is 40.2 Å². The lowest BCUT2D eigenvalue weighted by molar-refractivity contribution is -0.112. The van der Waals surface area contributed by atoms with Crippen molar-refractivity contribution in [3.63, 3.8) is 0 Å². The zero-order valence-electron chi connectivity index (χ0n) is 17.5. The minimum atomic E-state index is -0.596. The monoisotopic (exact) mass is 478 g/mol. The summed E-state index contributed by atoms with van der Waals surface area (Å²) in [5.74, 6) is 2.00. The molecule has 0 saturated heterocycles. The van der Waals surface area contributed by atoms with Gasteiger partial charge in [0.25, 0.3) is 5.91 Å². The first-order valence-electron chi connectivity index (χ1n) is 9.79. The summed E-state index contributed by atoms with van der Waals surface area (Å²) in [4.78, 5) is 12.5. The highest BCUT2D eigenvalue weighted by Crippen LogP contribution is 2.26. The molecule has 0 spiro atoms. The summed E-state index contributed by atoms with van der Waals surface area (Å²) in [5, 5.41) is 21.5. The highest BCUT2D eigenvalue weighted by molar-refractivity contribution is 7.98. The van der Waals surface area contributed by atoms with E-state index >= 15 is 0 Å². The van der Waals surface area contributed by atoms with E-state index in [1.54, 1.807) is 18.4 Å². The number of hydrogen-bond acceptors (Lipinski definition) is 9. The fraction of sp³-hybridized carbons (Fsp3) is 0.130. The Morgan fingerprint density at radius 2 is 2.12 bits per heavy atom. The molecule has 4 aromatic rings. The molecule has 0 aliphatic rings. The molecule has 0 bridgehead atoms.